The number of carbonyl (C=O) groups is 3. The highest BCUT2D eigenvalue weighted by atomic mass is 16.5. The van der Waals surface area contributed by atoms with Crippen molar-refractivity contribution in [2.45, 2.75) is 6.54 Å². The first kappa shape index (κ1) is 28.5. The number of ether oxygens (including phenoxy) is 1. The number of piperazine rings is 1. The Bertz CT molecular complexity index is 1800. The molecule has 5 aromatic rings. The molecule has 0 radical (unpaired) electrons. The molecule has 0 spiro atoms. The van der Waals surface area contributed by atoms with Crippen molar-refractivity contribution in [3.63, 3.8) is 0 Å². The van der Waals surface area contributed by atoms with E-state index in [1.54, 1.807) is 41.6 Å². The second-order valence-electron chi connectivity index (χ2n) is 10.2. The summed E-state index contributed by atoms with van der Waals surface area (Å²) in [5.41, 5.74) is 7.11. The molecule has 6 rings (SSSR count). The summed E-state index contributed by atoms with van der Waals surface area (Å²) in [4.78, 5) is 53.3. The number of amides is 3. The number of hydrogen-bond donors (Lipinski definition) is 1. The molecule has 1 saturated heterocycles. The number of para-hydroxylation sites is 2. The number of nitrogens with zero attached hydrogens (tertiary/aromatic N) is 5. The molecule has 3 aromatic carbocycles. The number of hydrogen-bond acceptors (Lipinski definition) is 7. The molecule has 1 aliphatic rings. The number of benzene rings is 3. The van der Waals surface area contributed by atoms with E-state index < -0.39 is 12.0 Å². The molecule has 3 amide bonds. The molecule has 1 aliphatic heterocycles. The van der Waals surface area contributed by atoms with Crippen LogP contribution in [-0.4, -0.2) is 59.5 Å². The fourth-order valence-corrected chi connectivity index (χ4v) is 5.42. The SMILES string of the molecule is COC(=O)N(NC(=O)c1c(CN2CCN(c3ccncc3)C(=O)C2)c(-c2ccccc2)nc2ccccc12)c1ccccc1. The molecule has 1 N–H and O–H groups in total. The van der Waals surface area contributed by atoms with E-state index in [0.29, 0.717) is 46.5 Å². The molecule has 220 valence electrons. The third kappa shape index (κ3) is 5.83. The number of rotatable bonds is 6. The second-order valence-corrected chi connectivity index (χ2v) is 10.2. The van der Waals surface area contributed by atoms with E-state index in [-0.39, 0.29) is 19.0 Å². The molecular weight excluding hydrogens is 556 g/mol. The molecule has 0 aliphatic carbocycles. The van der Waals surface area contributed by atoms with Gasteiger partial charge in [0.05, 0.1) is 36.1 Å². The van der Waals surface area contributed by atoms with Gasteiger partial charge in [-0.2, -0.15) is 5.01 Å². The van der Waals surface area contributed by atoms with Gasteiger partial charge in [-0.1, -0.05) is 66.7 Å². The van der Waals surface area contributed by atoms with Crippen LogP contribution in [0.2, 0.25) is 0 Å². The van der Waals surface area contributed by atoms with Gasteiger partial charge in [-0.25, -0.2) is 9.78 Å². The van der Waals surface area contributed by atoms with Gasteiger partial charge < -0.3 is 9.64 Å². The van der Waals surface area contributed by atoms with Crippen LogP contribution in [0.3, 0.4) is 0 Å². The normalized spacial score (nSPS) is 13.5. The van der Waals surface area contributed by atoms with Crippen molar-refractivity contribution in [2.75, 3.05) is 36.7 Å². The van der Waals surface area contributed by atoms with Crippen molar-refractivity contribution < 1.29 is 19.1 Å². The fraction of sp³-hybridized carbons (Fsp3) is 0.147. The molecule has 1 fully saturated rings. The van der Waals surface area contributed by atoms with Crippen molar-refractivity contribution in [3.05, 3.63) is 121 Å². The Morgan fingerprint density at radius 2 is 1.57 bits per heavy atom. The van der Waals surface area contributed by atoms with Crippen molar-refractivity contribution >= 4 is 40.2 Å². The number of pyridine rings is 2. The summed E-state index contributed by atoms with van der Waals surface area (Å²) in [6.45, 7) is 1.50. The van der Waals surface area contributed by atoms with E-state index in [1.165, 1.54) is 7.11 Å². The largest absolute Gasteiger partial charge is 0.451 e. The quantitative estimate of drug-likeness (QED) is 0.277. The van der Waals surface area contributed by atoms with Crippen LogP contribution in [-0.2, 0) is 16.1 Å². The van der Waals surface area contributed by atoms with Crippen LogP contribution in [0.1, 0.15) is 15.9 Å². The lowest BCUT2D eigenvalue weighted by Crippen LogP contribution is -2.50. The highest BCUT2D eigenvalue weighted by molar-refractivity contribution is 6.10. The lowest BCUT2D eigenvalue weighted by atomic mass is 9.95. The van der Waals surface area contributed by atoms with Gasteiger partial charge in [-0.15, -0.1) is 0 Å². The standard InChI is InChI=1S/C34H30N6O4/c1-44-34(43)40(26-12-6-3-7-13-26)37-33(42)31-27-14-8-9-15-29(27)36-32(24-10-4-2-5-11-24)28(31)22-38-20-21-39(30(41)23-38)25-16-18-35-19-17-25/h2-19H,20-23H2,1H3,(H,37,42). The zero-order chi connectivity index (χ0) is 30.5. The van der Waals surface area contributed by atoms with Crippen LogP contribution in [0.5, 0.6) is 0 Å². The van der Waals surface area contributed by atoms with Gasteiger partial charge in [-0.05, 0) is 30.3 Å². The maximum absolute atomic E-state index is 14.3. The van der Waals surface area contributed by atoms with Gasteiger partial charge in [0.25, 0.3) is 5.91 Å². The lowest BCUT2D eigenvalue weighted by Gasteiger charge is -2.35. The number of fused-ring (bicyclic) bond motifs is 1. The first-order chi connectivity index (χ1) is 21.5. The van der Waals surface area contributed by atoms with Gasteiger partial charge in [-0.3, -0.25) is 24.9 Å². The maximum Gasteiger partial charge on any atom is 0.433 e. The third-order valence-corrected chi connectivity index (χ3v) is 7.51. The predicted molar refractivity (Wildman–Crippen MR) is 168 cm³/mol. The molecule has 44 heavy (non-hydrogen) atoms. The fourth-order valence-electron chi connectivity index (χ4n) is 5.42. The highest BCUT2D eigenvalue weighted by Crippen LogP contribution is 2.32. The highest BCUT2D eigenvalue weighted by Gasteiger charge is 2.30. The van der Waals surface area contributed by atoms with Crippen molar-refractivity contribution in [1.82, 2.24) is 20.3 Å². The van der Waals surface area contributed by atoms with Crippen LogP contribution in [0.25, 0.3) is 22.2 Å². The lowest BCUT2D eigenvalue weighted by molar-refractivity contribution is -0.121. The number of hydrazine groups is 1. The van der Waals surface area contributed by atoms with E-state index >= 15 is 0 Å². The van der Waals surface area contributed by atoms with E-state index in [2.05, 4.69) is 10.4 Å². The Morgan fingerprint density at radius 1 is 0.886 bits per heavy atom. The minimum absolute atomic E-state index is 0.0515. The van der Waals surface area contributed by atoms with Gasteiger partial charge in [0.15, 0.2) is 0 Å². The van der Waals surface area contributed by atoms with E-state index in [1.807, 2.05) is 77.7 Å². The monoisotopic (exact) mass is 586 g/mol. The van der Waals surface area contributed by atoms with Crippen LogP contribution < -0.4 is 15.3 Å². The summed E-state index contributed by atoms with van der Waals surface area (Å²) in [5.74, 6) is -0.559. The first-order valence-corrected chi connectivity index (χ1v) is 14.2. The molecule has 0 atom stereocenters. The third-order valence-electron chi connectivity index (χ3n) is 7.51. The van der Waals surface area contributed by atoms with Crippen molar-refractivity contribution in [1.29, 1.82) is 0 Å². The molecule has 0 unspecified atom stereocenters. The van der Waals surface area contributed by atoms with Crippen LogP contribution >= 0.6 is 0 Å². The summed E-state index contributed by atoms with van der Waals surface area (Å²) in [7, 11) is 1.26. The molecule has 3 heterocycles. The maximum atomic E-state index is 14.3. The minimum Gasteiger partial charge on any atom is -0.451 e. The number of aromatic nitrogens is 2. The van der Waals surface area contributed by atoms with E-state index in [4.69, 9.17) is 9.72 Å². The summed E-state index contributed by atoms with van der Waals surface area (Å²) in [6.07, 6.45) is 2.59. The molecular formula is C34H30N6O4. The predicted octanol–water partition coefficient (Wildman–Crippen LogP) is 5.06. The average Bonchev–Trinajstić information content (AvgIpc) is 3.07. The zero-order valence-corrected chi connectivity index (χ0v) is 24.1. The van der Waals surface area contributed by atoms with Crippen LogP contribution in [0.15, 0.2) is 109 Å². The Kier molecular flexibility index (Phi) is 8.24. The smallest absolute Gasteiger partial charge is 0.433 e. The molecule has 2 aromatic heterocycles. The summed E-state index contributed by atoms with van der Waals surface area (Å²) in [5, 5.41) is 1.71. The Labute approximate surface area is 254 Å². The summed E-state index contributed by atoms with van der Waals surface area (Å²) < 4.78 is 5.00. The van der Waals surface area contributed by atoms with E-state index in [9.17, 15) is 14.4 Å². The molecule has 10 nitrogen and oxygen atoms in total. The molecule has 10 heteroatoms. The summed E-state index contributed by atoms with van der Waals surface area (Å²) >= 11 is 0. The first-order valence-electron chi connectivity index (χ1n) is 14.2. The van der Waals surface area contributed by atoms with Gasteiger partial charge in [0, 0.05) is 54.2 Å². The molecule has 0 saturated carbocycles. The second kappa shape index (κ2) is 12.7. The van der Waals surface area contributed by atoms with E-state index in [0.717, 1.165) is 16.3 Å². The number of carbonyl (C=O) groups excluding carboxylic acids is 3. The van der Waals surface area contributed by atoms with Gasteiger partial charge in [0.2, 0.25) is 5.91 Å². The van der Waals surface area contributed by atoms with Crippen molar-refractivity contribution in [2.24, 2.45) is 0 Å². The van der Waals surface area contributed by atoms with Crippen LogP contribution in [0.4, 0.5) is 16.2 Å². The topological polar surface area (TPSA) is 108 Å². The number of methoxy groups -OCH3 is 1. The van der Waals surface area contributed by atoms with Gasteiger partial charge >= 0.3 is 6.09 Å². The number of anilines is 2. The van der Waals surface area contributed by atoms with Crippen LogP contribution in [0, 0.1) is 0 Å². The van der Waals surface area contributed by atoms with Gasteiger partial charge in [0.1, 0.15) is 0 Å². The Morgan fingerprint density at radius 3 is 2.27 bits per heavy atom. The average molecular weight is 587 g/mol. The Hall–Kier alpha value is -5.61. The zero-order valence-electron chi connectivity index (χ0n) is 24.1. The Balaban J connectivity index is 1.43. The minimum atomic E-state index is -0.745. The van der Waals surface area contributed by atoms with Crippen molar-refractivity contribution in [3.8, 4) is 11.3 Å². The molecule has 0 bridgehead atoms. The summed E-state index contributed by atoms with van der Waals surface area (Å²) in [6, 6.07) is 29.4. The number of nitrogens with one attached hydrogen (secondary N) is 1.